The molecule has 1 saturated heterocycles. The van der Waals surface area contributed by atoms with Crippen molar-refractivity contribution >= 4 is 55.2 Å². The van der Waals surface area contributed by atoms with E-state index in [1.165, 1.54) is 4.31 Å². The fraction of sp³-hybridized carbons (Fsp3) is 0.692. The Kier molecular flexibility index (Phi) is 26.4. The van der Waals surface area contributed by atoms with Crippen LogP contribution in [-0.2, 0) is 52.7 Å². The fourth-order valence-corrected chi connectivity index (χ4v) is 7.37. The lowest BCUT2D eigenvalue weighted by Gasteiger charge is -2.31. The first-order valence-corrected chi connectivity index (χ1v) is 22.8. The number of nitrogens with zero attached hydrogens (tertiary/aromatic N) is 3. The van der Waals surface area contributed by atoms with Crippen LogP contribution in [-0.4, -0.2) is 172 Å². The van der Waals surface area contributed by atoms with Crippen LogP contribution in [0.3, 0.4) is 0 Å². The van der Waals surface area contributed by atoms with E-state index in [4.69, 9.17) is 43.6 Å². The number of benzene rings is 1. The maximum Gasteiger partial charge on any atom is 0.251 e. The number of sulfonamides is 1. The van der Waals surface area contributed by atoms with E-state index in [0.717, 1.165) is 18.6 Å². The highest BCUT2D eigenvalue weighted by atomic mass is 79.9. The van der Waals surface area contributed by atoms with Gasteiger partial charge in [-0.05, 0) is 53.7 Å². The summed E-state index contributed by atoms with van der Waals surface area (Å²) in [6.45, 7) is 12.1. The molecule has 1 aliphatic rings. The minimum atomic E-state index is -3.57. The number of carbonyl (C=O) groups is 2. The van der Waals surface area contributed by atoms with Crippen LogP contribution in [0.25, 0.3) is 0 Å². The summed E-state index contributed by atoms with van der Waals surface area (Å²) in [4.78, 5) is 33.2. The molecule has 0 spiro atoms. The van der Waals surface area contributed by atoms with Crippen molar-refractivity contribution < 1.29 is 55.9 Å². The molecule has 340 valence electrons. The van der Waals surface area contributed by atoms with Gasteiger partial charge in [0.05, 0.1) is 121 Å². The number of anilines is 3. The SMILES string of the molecule is CCCOCCOCCOCCOCCOCCOCCOCCOCCC(=O)NCCS(=O)(=O)N1CCC(Nc2ncc(Br)c(Nc3cccc(C)c3C(N)=O)n2)CC1. The number of primary amides is 1. The average molecular weight is 935 g/mol. The van der Waals surface area contributed by atoms with E-state index in [-0.39, 0.29) is 37.3 Å². The maximum atomic E-state index is 13.0. The minimum absolute atomic E-state index is 0.00476. The zero-order valence-electron chi connectivity index (χ0n) is 35.0. The predicted molar refractivity (Wildman–Crippen MR) is 229 cm³/mol. The number of nitrogens with two attached hydrogens (primary N) is 1. The van der Waals surface area contributed by atoms with E-state index < -0.39 is 15.9 Å². The van der Waals surface area contributed by atoms with Crippen LogP contribution >= 0.6 is 15.9 Å². The van der Waals surface area contributed by atoms with Crippen LogP contribution in [0.5, 0.6) is 0 Å². The lowest BCUT2D eigenvalue weighted by atomic mass is 10.1. The van der Waals surface area contributed by atoms with Gasteiger partial charge in [-0.15, -0.1) is 0 Å². The first-order valence-electron chi connectivity index (χ1n) is 20.4. The van der Waals surface area contributed by atoms with E-state index in [0.29, 0.717) is 146 Å². The number of hydrogen-bond donors (Lipinski definition) is 4. The summed E-state index contributed by atoms with van der Waals surface area (Å²) in [6.07, 6.45) is 3.80. The second-order valence-electron chi connectivity index (χ2n) is 13.5. The van der Waals surface area contributed by atoms with Crippen molar-refractivity contribution in [3.63, 3.8) is 0 Å². The van der Waals surface area contributed by atoms with Gasteiger partial charge in [-0.25, -0.2) is 17.7 Å². The van der Waals surface area contributed by atoms with Crippen molar-refractivity contribution in [2.45, 2.75) is 45.6 Å². The van der Waals surface area contributed by atoms with Crippen LogP contribution in [0.4, 0.5) is 17.5 Å². The standard InChI is InChI=1S/C39H64BrN7O12S/c1-3-13-52-15-17-54-19-21-56-23-25-58-27-28-59-26-24-57-22-20-55-18-16-53-14-9-35(48)42-10-29-60(50,51)47-11-7-32(8-12-47)44-39-43-30-33(40)38(46-39)45-34-6-4-5-31(2)36(34)37(41)49/h4-6,30,32H,3,7-29H2,1-2H3,(H2,41,49)(H,42,48)(H2,43,44,45,46). The van der Waals surface area contributed by atoms with Crippen molar-refractivity contribution in [1.82, 2.24) is 19.6 Å². The Morgan fingerprint density at radius 2 is 1.30 bits per heavy atom. The Labute approximate surface area is 362 Å². The predicted octanol–water partition coefficient (Wildman–Crippen LogP) is 2.65. The summed E-state index contributed by atoms with van der Waals surface area (Å²) in [5, 5.41) is 9.10. The summed E-state index contributed by atoms with van der Waals surface area (Å²) in [5.74, 6) is -0.241. The third-order valence-corrected chi connectivity index (χ3v) is 11.3. The van der Waals surface area contributed by atoms with Crippen LogP contribution in [0.2, 0.25) is 0 Å². The van der Waals surface area contributed by atoms with Crippen molar-refractivity contribution in [2.24, 2.45) is 5.73 Å². The number of halogens is 1. The Bertz CT molecular complexity index is 1620. The molecule has 0 aliphatic carbocycles. The number of aryl methyl sites for hydroxylation is 1. The van der Waals surface area contributed by atoms with Crippen LogP contribution in [0.15, 0.2) is 28.9 Å². The van der Waals surface area contributed by atoms with Crippen LogP contribution < -0.4 is 21.7 Å². The van der Waals surface area contributed by atoms with Gasteiger partial charge >= 0.3 is 0 Å². The van der Waals surface area contributed by atoms with Crippen molar-refractivity contribution in [2.75, 3.05) is 142 Å². The summed E-state index contributed by atoms with van der Waals surface area (Å²) in [7, 11) is -3.57. The largest absolute Gasteiger partial charge is 0.379 e. The molecule has 0 saturated carbocycles. The molecule has 1 aromatic heterocycles. The van der Waals surface area contributed by atoms with Gasteiger partial charge in [0.25, 0.3) is 5.91 Å². The fourth-order valence-electron chi connectivity index (χ4n) is 5.70. The molecule has 0 atom stereocenters. The Hall–Kier alpha value is -3.09. The van der Waals surface area contributed by atoms with Crippen molar-refractivity contribution in [3.05, 3.63) is 40.0 Å². The molecule has 5 N–H and O–H groups in total. The number of aromatic nitrogens is 2. The number of carbonyl (C=O) groups excluding carboxylic acids is 2. The molecule has 1 aliphatic heterocycles. The normalized spacial score (nSPS) is 13.7. The Balaban J connectivity index is 1.12. The molecule has 1 fully saturated rings. The number of rotatable bonds is 35. The summed E-state index contributed by atoms with van der Waals surface area (Å²) in [5.41, 5.74) is 7.22. The molecule has 0 unspecified atom stereocenters. The molecule has 2 amide bonds. The average Bonchev–Trinajstić information content (AvgIpc) is 3.22. The highest BCUT2D eigenvalue weighted by Gasteiger charge is 2.28. The summed E-state index contributed by atoms with van der Waals surface area (Å²) in [6, 6.07) is 5.30. The van der Waals surface area contributed by atoms with Crippen molar-refractivity contribution in [3.8, 4) is 0 Å². The van der Waals surface area contributed by atoms with Gasteiger partial charge in [0, 0.05) is 44.9 Å². The van der Waals surface area contributed by atoms with E-state index in [1.807, 2.05) is 6.07 Å². The first-order chi connectivity index (χ1) is 29.1. The highest BCUT2D eigenvalue weighted by Crippen LogP contribution is 2.28. The van der Waals surface area contributed by atoms with Gasteiger partial charge in [-0.3, -0.25) is 9.59 Å². The zero-order valence-corrected chi connectivity index (χ0v) is 37.4. The molecular weight excluding hydrogens is 870 g/mol. The molecular formula is C39H64BrN7O12S. The lowest BCUT2D eigenvalue weighted by Crippen LogP contribution is -2.45. The van der Waals surface area contributed by atoms with E-state index in [2.05, 4.69) is 48.8 Å². The number of amides is 2. The monoisotopic (exact) mass is 933 g/mol. The highest BCUT2D eigenvalue weighted by molar-refractivity contribution is 9.10. The van der Waals surface area contributed by atoms with E-state index in [1.54, 1.807) is 25.3 Å². The molecule has 2 aromatic rings. The number of ether oxygens (including phenoxy) is 8. The van der Waals surface area contributed by atoms with Gasteiger partial charge in [0.1, 0.15) is 5.82 Å². The minimum Gasteiger partial charge on any atom is -0.379 e. The molecule has 19 nitrogen and oxygen atoms in total. The van der Waals surface area contributed by atoms with Crippen LogP contribution in [0, 0.1) is 6.92 Å². The molecule has 0 bridgehead atoms. The first kappa shape index (κ1) is 51.3. The Morgan fingerprint density at radius 3 is 1.80 bits per heavy atom. The lowest BCUT2D eigenvalue weighted by molar-refractivity contribution is -0.122. The smallest absolute Gasteiger partial charge is 0.251 e. The van der Waals surface area contributed by atoms with Gasteiger partial charge in [-0.1, -0.05) is 19.1 Å². The maximum absolute atomic E-state index is 13.0. The quantitative estimate of drug-likeness (QED) is 0.0728. The second-order valence-corrected chi connectivity index (χ2v) is 16.5. The van der Waals surface area contributed by atoms with Gasteiger partial charge in [0.2, 0.25) is 21.9 Å². The Morgan fingerprint density at radius 1 is 0.800 bits per heavy atom. The molecule has 2 heterocycles. The third kappa shape index (κ3) is 21.6. The second kappa shape index (κ2) is 30.9. The van der Waals surface area contributed by atoms with Gasteiger partial charge < -0.3 is 59.6 Å². The molecule has 3 rings (SSSR count). The number of nitrogens with one attached hydrogen (secondary N) is 3. The van der Waals surface area contributed by atoms with E-state index >= 15 is 0 Å². The summed E-state index contributed by atoms with van der Waals surface area (Å²) >= 11 is 3.45. The molecule has 21 heteroatoms. The molecule has 60 heavy (non-hydrogen) atoms. The topological polar surface area (TPSA) is 233 Å². The third-order valence-electron chi connectivity index (χ3n) is 8.81. The number of piperidine rings is 1. The van der Waals surface area contributed by atoms with E-state index in [9.17, 15) is 18.0 Å². The molecule has 1 aromatic carbocycles. The van der Waals surface area contributed by atoms with Gasteiger partial charge in [-0.2, -0.15) is 4.98 Å². The number of hydrogen-bond acceptors (Lipinski definition) is 16. The molecule has 0 radical (unpaired) electrons. The summed E-state index contributed by atoms with van der Waals surface area (Å²) < 4.78 is 71.5. The van der Waals surface area contributed by atoms with Crippen molar-refractivity contribution in [1.29, 1.82) is 0 Å². The zero-order chi connectivity index (χ0) is 43.3. The van der Waals surface area contributed by atoms with Gasteiger partial charge in [0.15, 0.2) is 0 Å². The van der Waals surface area contributed by atoms with Crippen LogP contribution in [0.1, 0.15) is 48.5 Å².